The first-order valence-corrected chi connectivity index (χ1v) is 8.17. The van der Waals surface area contributed by atoms with Gasteiger partial charge in [0, 0.05) is 25.9 Å². The SMILES string of the molecule is C1CO1.CCC[Si](OCC)(OCC)OCC.[SiH4]. The van der Waals surface area contributed by atoms with Gasteiger partial charge in [0.15, 0.2) is 0 Å². The van der Waals surface area contributed by atoms with Crippen molar-refractivity contribution >= 4 is 19.8 Å². The van der Waals surface area contributed by atoms with Gasteiger partial charge in [-0.05, 0) is 31.7 Å². The van der Waals surface area contributed by atoms with E-state index in [0.29, 0.717) is 19.8 Å². The molecule has 6 heteroatoms. The normalized spacial score (nSPS) is 13.4. The van der Waals surface area contributed by atoms with Gasteiger partial charge in [-0.3, -0.25) is 0 Å². The molecule has 1 heterocycles. The van der Waals surface area contributed by atoms with Gasteiger partial charge in [0.25, 0.3) is 0 Å². The molecule has 1 fully saturated rings. The average Bonchev–Trinajstić information content (AvgIpc) is 3.06. The van der Waals surface area contributed by atoms with Crippen LogP contribution in [0.15, 0.2) is 0 Å². The minimum absolute atomic E-state index is 0. The van der Waals surface area contributed by atoms with Gasteiger partial charge in [-0.2, -0.15) is 0 Å². The summed E-state index contributed by atoms with van der Waals surface area (Å²) in [6.45, 7) is 12.1. The van der Waals surface area contributed by atoms with Crippen molar-refractivity contribution in [2.24, 2.45) is 0 Å². The molecule has 1 saturated heterocycles. The summed E-state index contributed by atoms with van der Waals surface area (Å²) in [4.78, 5) is 0. The molecule has 0 unspecified atom stereocenters. The molecule has 0 aromatic heterocycles. The molecule has 0 aliphatic carbocycles. The highest BCUT2D eigenvalue weighted by molar-refractivity contribution is 6.60. The summed E-state index contributed by atoms with van der Waals surface area (Å²) < 4.78 is 21.4. The predicted molar refractivity (Wildman–Crippen MR) is 77.9 cm³/mol. The minimum Gasteiger partial charge on any atom is -0.377 e. The zero-order valence-corrected chi connectivity index (χ0v) is 12.1. The second kappa shape index (κ2) is 12.7. The zero-order valence-electron chi connectivity index (χ0n) is 11.1. The van der Waals surface area contributed by atoms with Gasteiger partial charge < -0.3 is 18.0 Å². The topological polar surface area (TPSA) is 40.2 Å². The molecule has 17 heavy (non-hydrogen) atoms. The Morgan fingerprint density at radius 2 is 1.24 bits per heavy atom. The van der Waals surface area contributed by atoms with Crippen LogP contribution < -0.4 is 0 Å². The van der Waals surface area contributed by atoms with Crippen LogP contribution in [0.5, 0.6) is 0 Å². The fraction of sp³-hybridized carbons (Fsp3) is 1.00. The lowest BCUT2D eigenvalue weighted by Crippen LogP contribution is -2.45. The van der Waals surface area contributed by atoms with Crippen molar-refractivity contribution in [2.45, 2.75) is 40.2 Å². The quantitative estimate of drug-likeness (QED) is 0.492. The first-order valence-electron chi connectivity index (χ1n) is 6.24. The molecule has 1 aliphatic heterocycles. The van der Waals surface area contributed by atoms with E-state index in [0.717, 1.165) is 25.7 Å². The first kappa shape index (κ1) is 19.6. The Morgan fingerprint density at radius 3 is 1.41 bits per heavy atom. The van der Waals surface area contributed by atoms with E-state index in [-0.39, 0.29) is 11.0 Å². The fourth-order valence-corrected chi connectivity index (χ4v) is 3.92. The maximum Gasteiger partial charge on any atom is 0.500 e. The largest absolute Gasteiger partial charge is 0.500 e. The summed E-state index contributed by atoms with van der Waals surface area (Å²) in [5, 5.41) is 0. The predicted octanol–water partition coefficient (Wildman–Crippen LogP) is 1.01. The van der Waals surface area contributed by atoms with Gasteiger partial charge in [-0.25, -0.2) is 0 Å². The van der Waals surface area contributed by atoms with E-state index < -0.39 is 8.80 Å². The van der Waals surface area contributed by atoms with Crippen LogP contribution in [0.1, 0.15) is 34.1 Å². The van der Waals surface area contributed by atoms with E-state index in [4.69, 9.17) is 13.3 Å². The van der Waals surface area contributed by atoms with Crippen LogP contribution in [0.3, 0.4) is 0 Å². The second-order valence-electron chi connectivity index (χ2n) is 3.34. The number of ether oxygens (including phenoxy) is 1. The molecule has 1 aliphatic rings. The lowest BCUT2D eigenvalue weighted by molar-refractivity contribution is 0.0712. The molecule has 1 rings (SSSR count). The maximum absolute atomic E-state index is 5.65. The molecule has 0 spiro atoms. The van der Waals surface area contributed by atoms with Crippen LogP contribution in [-0.4, -0.2) is 52.8 Å². The van der Waals surface area contributed by atoms with Crippen LogP contribution in [0.4, 0.5) is 0 Å². The van der Waals surface area contributed by atoms with E-state index >= 15 is 0 Å². The summed E-state index contributed by atoms with van der Waals surface area (Å²) >= 11 is 0. The van der Waals surface area contributed by atoms with Crippen molar-refractivity contribution in [1.82, 2.24) is 0 Å². The minimum atomic E-state index is -2.30. The van der Waals surface area contributed by atoms with Crippen molar-refractivity contribution in [3.05, 3.63) is 0 Å². The lowest BCUT2D eigenvalue weighted by atomic mass is 10.6. The Morgan fingerprint density at radius 1 is 0.882 bits per heavy atom. The van der Waals surface area contributed by atoms with Gasteiger partial charge in [0.05, 0.1) is 13.2 Å². The molecule has 0 bridgehead atoms. The molecular weight excluding hydrogens is 252 g/mol. The highest BCUT2D eigenvalue weighted by Gasteiger charge is 2.38. The van der Waals surface area contributed by atoms with Crippen molar-refractivity contribution < 1.29 is 18.0 Å². The summed E-state index contributed by atoms with van der Waals surface area (Å²) in [6, 6.07) is 0.919. The number of epoxide rings is 1. The maximum atomic E-state index is 5.65. The summed E-state index contributed by atoms with van der Waals surface area (Å²) in [5.41, 5.74) is 0. The summed E-state index contributed by atoms with van der Waals surface area (Å²) in [6.07, 6.45) is 1.05. The molecule has 0 atom stereocenters. The number of rotatable bonds is 8. The third kappa shape index (κ3) is 11.1. The molecule has 0 N–H and O–H groups in total. The Labute approximate surface area is 111 Å². The van der Waals surface area contributed by atoms with Gasteiger partial charge in [0.1, 0.15) is 0 Å². The Kier molecular flexibility index (Phi) is 14.7. The van der Waals surface area contributed by atoms with Crippen LogP contribution in [0.2, 0.25) is 6.04 Å². The molecular formula is C11H30O4Si2. The Balaban J connectivity index is 0. The second-order valence-corrected chi connectivity index (χ2v) is 6.08. The van der Waals surface area contributed by atoms with Crippen molar-refractivity contribution in [1.29, 1.82) is 0 Å². The van der Waals surface area contributed by atoms with Crippen molar-refractivity contribution in [3.8, 4) is 0 Å². The van der Waals surface area contributed by atoms with Crippen molar-refractivity contribution in [3.63, 3.8) is 0 Å². The molecule has 0 aromatic carbocycles. The van der Waals surface area contributed by atoms with E-state index in [2.05, 4.69) is 11.7 Å². The van der Waals surface area contributed by atoms with Gasteiger partial charge in [0.2, 0.25) is 0 Å². The molecule has 4 nitrogen and oxygen atoms in total. The summed E-state index contributed by atoms with van der Waals surface area (Å²) in [5.74, 6) is 0. The van der Waals surface area contributed by atoms with E-state index in [1.165, 1.54) is 0 Å². The van der Waals surface area contributed by atoms with Crippen LogP contribution in [0.25, 0.3) is 0 Å². The lowest BCUT2D eigenvalue weighted by Gasteiger charge is -2.27. The standard InChI is InChI=1S/C9H22O3Si.C2H4O.H4Si/c1-5-9-13(10-6-2,11-7-3)12-8-4;1-2-3-1;/h5-9H2,1-4H3;1-2H2;1H4. The third-order valence-corrected chi connectivity index (χ3v) is 5.15. The van der Waals surface area contributed by atoms with E-state index in [9.17, 15) is 0 Å². The smallest absolute Gasteiger partial charge is 0.377 e. The van der Waals surface area contributed by atoms with E-state index in [1.807, 2.05) is 20.8 Å². The molecule has 0 radical (unpaired) electrons. The van der Waals surface area contributed by atoms with Crippen LogP contribution >= 0.6 is 0 Å². The third-order valence-electron chi connectivity index (χ3n) is 1.85. The van der Waals surface area contributed by atoms with Gasteiger partial charge in [-0.15, -0.1) is 0 Å². The van der Waals surface area contributed by atoms with Gasteiger partial charge in [-0.1, -0.05) is 13.3 Å². The Bertz CT molecular complexity index is 124. The highest BCUT2D eigenvalue weighted by atomic mass is 28.4. The molecule has 0 saturated carbocycles. The van der Waals surface area contributed by atoms with Crippen LogP contribution in [-0.2, 0) is 18.0 Å². The molecule has 106 valence electrons. The molecule has 0 amide bonds. The monoisotopic (exact) mass is 282 g/mol. The first-order chi connectivity index (χ1) is 7.74. The number of hydrogen-bond donors (Lipinski definition) is 0. The van der Waals surface area contributed by atoms with Gasteiger partial charge >= 0.3 is 8.80 Å². The van der Waals surface area contributed by atoms with Crippen LogP contribution in [0, 0.1) is 0 Å². The summed E-state index contributed by atoms with van der Waals surface area (Å²) in [7, 11) is -2.30. The molecule has 0 aromatic rings. The van der Waals surface area contributed by atoms with Crippen molar-refractivity contribution in [2.75, 3.05) is 33.0 Å². The Hall–Kier alpha value is 0.274. The highest BCUT2D eigenvalue weighted by Crippen LogP contribution is 2.17. The number of hydrogen-bond acceptors (Lipinski definition) is 4. The fourth-order valence-electron chi connectivity index (χ4n) is 1.31. The zero-order chi connectivity index (χ0) is 12.3. The van der Waals surface area contributed by atoms with E-state index in [1.54, 1.807) is 0 Å². The average molecular weight is 283 g/mol.